The minimum Gasteiger partial charge on any atom is -0.481 e. The van der Waals surface area contributed by atoms with E-state index in [0.717, 1.165) is 27.3 Å². The van der Waals surface area contributed by atoms with Gasteiger partial charge < -0.3 is 15.2 Å². The number of carbonyl (C=O) groups excluding carboxylic acids is 1. The molecule has 4 rings (SSSR count). The van der Waals surface area contributed by atoms with Crippen LogP contribution in [0.1, 0.15) is 40.2 Å². The number of ether oxygens (including phenoxy) is 1. The van der Waals surface area contributed by atoms with Crippen molar-refractivity contribution < 1.29 is 19.4 Å². The average molecular weight is 408 g/mol. The SMILES string of the molecule is Cc1nc([C@H](CC(=O)O)NC(=O)OCC2c3ccccc3-c3ccccc32)cs1. The van der Waals surface area contributed by atoms with Crippen molar-refractivity contribution in [3.05, 3.63) is 75.7 Å². The second-order valence-electron chi connectivity index (χ2n) is 6.91. The molecule has 0 fully saturated rings. The molecule has 7 heteroatoms. The molecule has 1 amide bonds. The highest BCUT2D eigenvalue weighted by Gasteiger charge is 2.29. The predicted octanol–water partition coefficient (Wildman–Crippen LogP) is 4.51. The van der Waals surface area contributed by atoms with Crippen molar-refractivity contribution in [1.82, 2.24) is 10.3 Å². The lowest BCUT2D eigenvalue weighted by Gasteiger charge is -2.18. The summed E-state index contributed by atoms with van der Waals surface area (Å²) in [6.45, 7) is 2.01. The fraction of sp³-hybridized carbons (Fsp3) is 0.227. The fourth-order valence-electron chi connectivity index (χ4n) is 3.73. The van der Waals surface area contributed by atoms with Gasteiger partial charge in [-0.15, -0.1) is 11.3 Å². The fourth-order valence-corrected chi connectivity index (χ4v) is 4.39. The van der Waals surface area contributed by atoms with Crippen LogP contribution >= 0.6 is 11.3 Å². The first kappa shape index (κ1) is 19.1. The van der Waals surface area contributed by atoms with Gasteiger partial charge in [-0.3, -0.25) is 4.79 Å². The maximum Gasteiger partial charge on any atom is 0.407 e. The van der Waals surface area contributed by atoms with Crippen molar-refractivity contribution in [2.45, 2.75) is 25.3 Å². The Hall–Kier alpha value is -3.19. The quantitative estimate of drug-likeness (QED) is 0.627. The normalized spacial score (nSPS) is 13.4. The number of nitrogens with one attached hydrogen (secondary N) is 1. The molecule has 1 atom stereocenters. The third kappa shape index (κ3) is 4.00. The Balaban J connectivity index is 1.47. The van der Waals surface area contributed by atoms with E-state index in [-0.39, 0.29) is 18.9 Å². The number of thiazole rings is 1. The van der Waals surface area contributed by atoms with Crippen molar-refractivity contribution in [2.24, 2.45) is 0 Å². The van der Waals surface area contributed by atoms with Gasteiger partial charge in [-0.05, 0) is 29.2 Å². The van der Waals surface area contributed by atoms with Gasteiger partial charge >= 0.3 is 12.1 Å². The second-order valence-corrected chi connectivity index (χ2v) is 7.97. The highest BCUT2D eigenvalue weighted by atomic mass is 32.1. The van der Waals surface area contributed by atoms with Gasteiger partial charge in [0.05, 0.1) is 23.2 Å². The number of fused-ring (bicyclic) bond motifs is 3. The first-order valence-electron chi connectivity index (χ1n) is 9.28. The number of carbonyl (C=O) groups is 2. The van der Waals surface area contributed by atoms with Crippen molar-refractivity contribution in [3.63, 3.8) is 0 Å². The van der Waals surface area contributed by atoms with Gasteiger partial charge in [0.25, 0.3) is 0 Å². The number of carboxylic acid groups (broad SMARTS) is 1. The Morgan fingerprint density at radius 2 is 1.76 bits per heavy atom. The first-order chi connectivity index (χ1) is 14.0. The molecular formula is C22H20N2O4S. The van der Waals surface area contributed by atoms with E-state index >= 15 is 0 Å². The maximum absolute atomic E-state index is 12.4. The molecule has 3 aromatic rings. The highest BCUT2D eigenvalue weighted by molar-refractivity contribution is 7.09. The number of amides is 1. The molecule has 2 aromatic carbocycles. The van der Waals surface area contributed by atoms with Crippen LogP contribution in [0.3, 0.4) is 0 Å². The average Bonchev–Trinajstić information content (AvgIpc) is 3.27. The Morgan fingerprint density at radius 3 is 2.31 bits per heavy atom. The minimum atomic E-state index is -1.01. The number of carboxylic acids is 1. The molecule has 0 radical (unpaired) electrons. The summed E-state index contributed by atoms with van der Waals surface area (Å²) >= 11 is 1.41. The molecule has 0 saturated heterocycles. The smallest absolute Gasteiger partial charge is 0.407 e. The molecular weight excluding hydrogens is 388 g/mol. The summed E-state index contributed by atoms with van der Waals surface area (Å²) < 4.78 is 5.51. The van der Waals surface area contributed by atoms with Gasteiger partial charge in [0.1, 0.15) is 6.61 Å². The zero-order valence-electron chi connectivity index (χ0n) is 15.8. The van der Waals surface area contributed by atoms with Gasteiger partial charge in [0.2, 0.25) is 0 Å². The number of aliphatic carboxylic acids is 1. The lowest BCUT2D eigenvalue weighted by atomic mass is 9.98. The minimum absolute atomic E-state index is 0.0485. The van der Waals surface area contributed by atoms with Crippen LogP contribution < -0.4 is 5.32 Å². The Labute approximate surface area is 172 Å². The third-order valence-electron chi connectivity index (χ3n) is 5.01. The zero-order chi connectivity index (χ0) is 20.4. The first-order valence-corrected chi connectivity index (χ1v) is 10.2. The highest BCUT2D eigenvalue weighted by Crippen LogP contribution is 2.44. The number of alkyl carbamates (subject to hydrolysis) is 1. The second kappa shape index (κ2) is 8.05. The number of hydrogen-bond donors (Lipinski definition) is 2. The number of rotatable bonds is 6. The van der Waals surface area contributed by atoms with Gasteiger partial charge in [-0.25, -0.2) is 9.78 Å². The lowest BCUT2D eigenvalue weighted by molar-refractivity contribution is -0.137. The molecule has 2 N–H and O–H groups in total. The van der Waals surface area contributed by atoms with E-state index in [1.165, 1.54) is 11.3 Å². The summed E-state index contributed by atoms with van der Waals surface area (Å²) in [4.78, 5) is 27.9. The molecule has 0 saturated carbocycles. The van der Waals surface area contributed by atoms with Crippen LogP contribution in [0, 0.1) is 6.92 Å². The van der Waals surface area contributed by atoms with Crippen molar-refractivity contribution in [3.8, 4) is 11.1 Å². The van der Waals surface area contributed by atoms with E-state index in [0.29, 0.717) is 5.69 Å². The van der Waals surface area contributed by atoms with E-state index in [4.69, 9.17) is 9.84 Å². The maximum atomic E-state index is 12.4. The number of hydrogen-bond acceptors (Lipinski definition) is 5. The van der Waals surface area contributed by atoms with Crippen LogP contribution in [0.25, 0.3) is 11.1 Å². The summed E-state index contributed by atoms with van der Waals surface area (Å²) in [6, 6.07) is 15.5. The van der Waals surface area contributed by atoms with E-state index in [2.05, 4.69) is 22.4 Å². The van der Waals surface area contributed by atoms with Gasteiger partial charge in [-0.1, -0.05) is 48.5 Å². The number of benzene rings is 2. The van der Waals surface area contributed by atoms with Gasteiger partial charge in [0.15, 0.2) is 0 Å². The van der Waals surface area contributed by atoms with Crippen molar-refractivity contribution in [2.75, 3.05) is 6.61 Å². The van der Waals surface area contributed by atoms with Crippen molar-refractivity contribution in [1.29, 1.82) is 0 Å². The topological polar surface area (TPSA) is 88.5 Å². The van der Waals surface area contributed by atoms with Crippen LogP contribution in [-0.2, 0) is 9.53 Å². The molecule has 6 nitrogen and oxygen atoms in total. The van der Waals surface area contributed by atoms with Crippen LogP contribution in [-0.4, -0.2) is 28.8 Å². The number of nitrogens with zero attached hydrogens (tertiary/aromatic N) is 1. The summed E-state index contributed by atoms with van der Waals surface area (Å²) in [5.74, 6) is -1.06. The van der Waals surface area contributed by atoms with Crippen LogP contribution in [0.4, 0.5) is 4.79 Å². The van der Waals surface area contributed by atoms with Gasteiger partial charge in [0, 0.05) is 11.3 Å². The van der Waals surface area contributed by atoms with E-state index in [1.54, 1.807) is 5.38 Å². The number of aromatic nitrogens is 1. The van der Waals surface area contributed by atoms with Crippen LogP contribution in [0.2, 0.25) is 0 Å². The molecule has 148 valence electrons. The summed E-state index contributed by atoms with van der Waals surface area (Å²) in [5.41, 5.74) is 5.08. The molecule has 0 aliphatic heterocycles. The molecule has 1 aromatic heterocycles. The molecule has 0 unspecified atom stereocenters. The zero-order valence-corrected chi connectivity index (χ0v) is 16.6. The van der Waals surface area contributed by atoms with E-state index in [9.17, 15) is 9.59 Å². The third-order valence-corrected chi connectivity index (χ3v) is 5.80. The van der Waals surface area contributed by atoms with Crippen LogP contribution in [0.15, 0.2) is 53.9 Å². The standard InChI is InChI=1S/C22H20N2O4S/c1-13-23-20(12-29-13)19(10-21(25)26)24-22(27)28-11-18-16-8-4-2-6-14(16)15-7-3-5-9-17(15)18/h2-9,12,18-19H,10-11H2,1H3,(H,24,27)(H,25,26)/t19-/m0/s1. The van der Waals surface area contributed by atoms with Crippen molar-refractivity contribution >= 4 is 23.4 Å². The largest absolute Gasteiger partial charge is 0.481 e. The molecule has 1 heterocycles. The Morgan fingerprint density at radius 1 is 1.14 bits per heavy atom. The molecule has 0 spiro atoms. The monoisotopic (exact) mass is 408 g/mol. The Bertz CT molecular complexity index is 1020. The molecule has 1 aliphatic carbocycles. The Kier molecular flexibility index (Phi) is 5.31. The van der Waals surface area contributed by atoms with Crippen LogP contribution in [0.5, 0.6) is 0 Å². The predicted molar refractivity (Wildman–Crippen MR) is 110 cm³/mol. The summed E-state index contributed by atoms with van der Waals surface area (Å²) in [5, 5.41) is 14.4. The van der Waals surface area contributed by atoms with Gasteiger partial charge in [-0.2, -0.15) is 0 Å². The lowest BCUT2D eigenvalue weighted by Crippen LogP contribution is -2.32. The molecule has 0 bridgehead atoms. The number of aryl methyl sites for hydroxylation is 1. The van der Waals surface area contributed by atoms with E-state index < -0.39 is 18.1 Å². The van der Waals surface area contributed by atoms with E-state index in [1.807, 2.05) is 43.3 Å². The molecule has 1 aliphatic rings. The molecule has 29 heavy (non-hydrogen) atoms. The summed E-state index contributed by atoms with van der Waals surface area (Å²) in [7, 11) is 0. The summed E-state index contributed by atoms with van der Waals surface area (Å²) in [6.07, 6.45) is -0.906.